The number of aryl methyl sites for hydroxylation is 2. The van der Waals surface area contributed by atoms with Gasteiger partial charge in [-0.3, -0.25) is 4.79 Å². The number of anilines is 2. The molecule has 0 radical (unpaired) electrons. The molecule has 0 heterocycles. The summed E-state index contributed by atoms with van der Waals surface area (Å²) in [6.45, 7) is 6.22. The van der Waals surface area contributed by atoms with E-state index < -0.39 is 0 Å². The number of hydrogen-bond acceptors (Lipinski definition) is 3. The maximum absolute atomic E-state index is 12.8. The van der Waals surface area contributed by atoms with Crippen molar-refractivity contribution in [2.45, 2.75) is 20.8 Å². The fourth-order valence-corrected chi connectivity index (χ4v) is 2.31. The Labute approximate surface area is 124 Å². The Balaban J connectivity index is 2.48. The first-order valence-electron chi connectivity index (χ1n) is 6.91. The molecule has 3 N–H and O–H groups in total. The summed E-state index contributed by atoms with van der Waals surface area (Å²) >= 11 is 0. The average Bonchev–Trinajstić information content (AvgIpc) is 2.46. The first-order chi connectivity index (χ1) is 9.93. The van der Waals surface area contributed by atoms with Gasteiger partial charge in [-0.25, -0.2) is 0 Å². The fourth-order valence-electron chi connectivity index (χ4n) is 2.31. The van der Waals surface area contributed by atoms with Crippen molar-refractivity contribution in [2.75, 3.05) is 17.2 Å². The predicted octanol–water partition coefficient (Wildman–Crippen LogP) is 3.26. The van der Waals surface area contributed by atoms with Crippen LogP contribution in [0.25, 0.3) is 0 Å². The molecule has 4 nitrogen and oxygen atoms in total. The van der Waals surface area contributed by atoms with Crippen LogP contribution in [0.15, 0.2) is 36.4 Å². The van der Waals surface area contributed by atoms with Crippen LogP contribution >= 0.6 is 0 Å². The van der Waals surface area contributed by atoms with Crippen molar-refractivity contribution in [3.63, 3.8) is 0 Å². The van der Waals surface area contributed by atoms with Crippen molar-refractivity contribution >= 4 is 17.3 Å². The second kappa shape index (κ2) is 5.87. The van der Waals surface area contributed by atoms with E-state index in [1.807, 2.05) is 26.8 Å². The van der Waals surface area contributed by atoms with Crippen LogP contribution in [0.3, 0.4) is 0 Å². The molecular formula is C17H20N2O2. The number of carbonyl (C=O) groups excluding carboxylic acids is 1. The summed E-state index contributed by atoms with van der Waals surface area (Å²) in [5.41, 5.74) is 9.48. The highest BCUT2D eigenvalue weighted by Crippen LogP contribution is 2.27. The summed E-state index contributed by atoms with van der Waals surface area (Å²) < 4.78 is 0. The van der Waals surface area contributed by atoms with Crippen LogP contribution in [0.5, 0.6) is 5.75 Å². The summed E-state index contributed by atoms with van der Waals surface area (Å²) in [6, 6.07) is 10.4. The maximum Gasteiger partial charge on any atom is 0.260 e. The zero-order valence-corrected chi connectivity index (χ0v) is 12.6. The van der Waals surface area contributed by atoms with E-state index in [0.29, 0.717) is 23.5 Å². The molecule has 4 heteroatoms. The largest absolute Gasteiger partial charge is 0.508 e. The molecule has 110 valence electrons. The number of hydrogen-bond donors (Lipinski definition) is 2. The Kier molecular flexibility index (Phi) is 4.17. The highest BCUT2D eigenvalue weighted by Gasteiger charge is 2.20. The molecule has 0 atom stereocenters. The normalized spacial score (nSPS) is 10.4. The van der Waals surface area contributed by atoms with E-state index in [4.69, 9.17) is 5.73 Å². The number of phenols is 1. The molecule has 0 spiro atoms. The van der Waals surface area contributed by atoms with Gasteiger partial charge in [-0.05, 0) is 44.5 Å². The number of carbonyl (C=O) groups is 1. The second-order valence-electron chi connectivity index (χ2n) is 5.11. The molecular weight excluding hydrogens is 264 g/mol. The van der Waals surface area contributed by atoms with Crippen molar-refractivity contribution in [1.82, 2.24) is 0 Å². The van der Waals surface area contributed by atoms with Gasteiger partial charge in [0.1, 0.15) is 5.75 Å². The van der Waals surface area contributed by atoms with E-state index in [-0.39, 0.29) is 11.7 Å². The van der Waals surface area contributed by atoms with E-state index >= 15 is 0 Å². The van der Waals surface area contributed by atoms with Gasteiger partial charge in [-0.15, -0.1) is 0 Å². The molecule has 0 aromatic heterocycles. The topological polar surface area (TPSA) is 66.6 Å². The summed E-state index contributed by atoms with van der Waals surface area (Å²) in [7, 11) is 0. The number of benzene rings is 2. The van der Waals surface area contributed by atoms with Gasteiger partial charge in [-0.2, -0.15) is 0 Å². The lowest BCUT2D eigenvalue weighted by molar-refractivity contribution is 0.0989. The Bertz CT molecular complexity index is 680. The van der Waals surface area contributed by atoms with Crippen molar-refractivity contribution < 1.29 is 9.90 Å². The molecule has 1 amide bonds. The van der Waals surface area contributed by atoms with Crippen molar-refractivity contribution in [1.29, 1.82) is 0 Å². The lowest BCUT2D eigenvalue weighted by atomic mass is 10.1. The first kappa shape index (κ1) is 14.9. The van der Waals surface area contributed by atoms with Gasteiger partial charge in [-0.1, -0.05) is 17.7 Å². The Morgan fingerprint density at radius 3 is 2.57 bits per heavy atom. The third-order valence-electron chi connectivity index (χ3n) is 3.48. The van der Waals surface area contributed by atoms with Crippen LogP contribution in [0.4, 0.5) is 11.4 Å². The van der Waals surface area contributed by atoms with Crippen LogP contribution in [-0.4, -0.2) is 17.6 Å². The van der Waals surface area contributed by atoms with Gasteiger partial charge >= 0.3 is 0 Å². The standard InChI is InChI=1S/C17H20N2O2/c1-4-19(16-10-13(20)7-6-12(16)3)17(21)14-9-11(2)5-8-15(14)18/h5-10,20H,4,18H2,1-3H3. The van der Waals surface area contributed by atoms with E-state index in [1.54, 1.807) is 35.2 Å². The molecule has 0 saturated carbocycles. The molecule has 0 unspecified atom stereocenters. The lowest BCUT2D eigenvalue weighted by Gasteiger charge is -2.24. The van der Waals surface area contributed by atoms with Crippen molar-refractivity contribution in [3.05, 3.63) is 53.1 Å². The molecule has 0 bridgehead atoms. The van der Waals surface area contributed by atoms with E-state index in [0.717, 1.165) is 11.1 Å². The first-order valence-corrected chi connectivity index (χ1v) is 6.91. The molecule has 0 fully saturated rings. The Morgan fingerprint density at radius 2 is 1.90 bits per heavy atom. The van der Waals surface area contributed by atoms with E-state index in [2.05, 4.69) is 0 Å². The molecule has 0 aliphatic carbocycles. The molecule has 2 aromatic carbocycles. The molecule has 0 saturated heterocycles. The fraction of sp³-hybridized carbons (Fsp3) is 0.235. The van der Waals surface area contributed by atoms with Crippen LogP contribution < -0.4 is 10.6 Å². The molecule has 21 heavy (non-hydrogen) atoms. The number of amides is 1. The highest BCUT2D eigenvalue weighted by atomic mass is 16.3. The Morgan fingerprint density at radius 1 is 1.19 bits per heavy atom. The van der Waals surface area contributed by atoms with Gasteiger partial charge in [0.25, 0.3) is 5.91 Å². The maximum atomic E-state index is 12.8. The number of nitrogens with two attached hydrogens (primary N) is 1. The van der Waals surface area contributed by atoms with Crippen LogP contribution in [0.2, 0.25) is 0 Å². The van der Waals surface area contributed by atoms with Gasteiger partial charge in [0.2, 0.25) is 0 Å². The van der Waals surface area contributed by atoms with Crippen molar-refractivity contribution in [3.8, 4) is 5.75 Å². The SMILES string of the molecule is CCN(C(=O)c1cc(C)ccc1N)c1cc(O)ccc1C. The molecule has 0 aliphatic rings. The summed E-state index contributed by atoms with van der Waals surface area (Å²) in [5.74, 6) is -0.0218. The average molecular weight is 284 g/mol. The predicted molar refractivity (Wildman–Crippen MR) is 85.8 cm³/mol. The molecule has 0 aliphatic heterocycles. The third kappa shape index (κ3) is 2.99. The van der Waals surface area contributed by atoms with Gasteiger partial charge in [0.05, 0.1) is 11.3 Å². The minimum Gasteiger partial charge on any atom is -0.508 e. The zero-order valence-electron chi connectivity index (χ0n) is 12.6. The zero-order chi connectivity index (χ0) is 15.6. The number of nitrogen functional groups attached to an aromatic ring is 1. The Hall–Kier alpha value is -2.49. The van der Waals surface area contributed by atoms with E-state index in [1.165, 1.54) is 0 Å². The van der Waals surface area contributed by atoms with Crippen LogP contribution in [-0.2, 0) is 0 Å². The second-order valence-corrected chi connectivity index (χ2v) is 5.11. The number of phenolic OH excluding ortho intramolecular Hbond substituents is 1. The highest BCUT2D eigenvalue weighted by molar-refractivity contribution is 6.09. The minimum atomic E-state index is -0.160. The number of nitrogens with zero attached hydrogens (tertiary/aromatic N) is 1. The van der Waals surface area contributed by atoms with Crippen LogP contribution in [0, 0.1) is 13.8 Å². The summed E-state index contributed by atoms with van der Waals surface area (Å²) in [5, 5.41) is 9.67. The van der Waals surface area contributed by atoms with Gasteiger partial charge in [0.15, 0.2) is 0 Å². The number of aromatic hydroxyl groups is 1. The lowest BCUT2D eigenvalue weighted by Crippen LogP contribution is -2.31. The summed E-state index contributed by atoms with van der Waals surface area (Å²) in [4.78, 5) is 14.4. The van der Waals surface area contributed by atoms with Crippen LogP contribution in [0.1, 0.15) is 28.4 Å². The quantitative estimate of drug-likeness (QED) is 0.850. The van der Waals surface area contributed by atoms with Gasteiger partial charge in [0, 0.05) is 18.3 Å². The van der Waals surface area contributed by atoms with E-state index in [9.17, 15) is 9.90 Å². The van der Waals surface area contributed by atoms with Gasteiger partial charge < -0.3 is 15.7 Å². The minimum absolute atomic E-state index is 0.138. The number of rotatable bonds is 3. The third-order valence-corrected chi connectivity index (χ3v) is 3.48. The smallest absolute Gasteiger partial charge is 0.260 e. The van der Waals surface area contributed by atoms with Crippen molar-refractivity contribution in [2.24, 2.45) is 0 Å². The molecule has 2 rings (SSSR count). The molecule has 2 aromatic rings. The summed E-state index contributed by atoms with van der Waals surface area (Å²) in [6.07, 6.45) is 0. The monoisotopic (exact) mass is 284 g/mol.